The highest BCUT2D eigenvalue weighted by molar-refractivity contribution is 5.87. The quantitative estimate of drug-likeness (QED) is 0.831. The molecule has 1 unspecified atom stereocenters. The van der Waals surface area contributed by atoms with E-state index in [1.54, 1.807) is 0 Å². The number of carbonyl (C=O) groups is 2. The monoisotopic (exact) mass is 331 g/mol. The summed E-state index contributed by atoms with van der Waals surface area (Å²) in [4.78, 5) is 26.1. The molecule has 1 heterocycles. The molecule has 0 radical (unpaired) electrons. The van der Waals surface area contributed by atoms with Gasteiger partial charge in [-0.15, -0.1) is 0 Å². The molecular formula is C19H29N3O2. The third-order valence-electron chi connectivity index (χ3n) is 4.67. The van der Waals surface area contributed by atoms with Crippen LogP contribution in [0.5, 0.6) is 0 Å². The lowest BCUT2D eigenvalue weighted by molar-refractivity contribution is -0.134. The van der Waals surface area contributed by atoms with Gasteiger partial charge in [-0.05, 0) is 36.7 Å². The third kappa shape index (κ3) is 5.34. The maximum Gasteiger partial charge on any atom is 0.241 e. The van der Waals surface area contributed by atoms with Crippen molar-refractivity contribution < 1.29 is 9.59 Å². The van der Waals surface area contributed by atoms with Crippen LogP contribution in [0.15, 0.2) is 30.3 Å². The Bertz CT molecular complexity index is 545. The predicted octanol–water partition coefficient (Wildman–Crippen LogP) is 1.57. The third-order valence-corrected chi connectivity index (χ3v) is 4.67. The molecule has 0 bridgehead atoms. The van der Waals surface area contributed by atoms with Gasteiger partial charge in [-0.3, -0.25) is 9.59 Å². The Morgan fingerprint density at radius 2 is 2.00 bits per heavy atom. The summed E-state index contributed by atoms with van der Waals surface area (Å²) in [5, 5.41) is 2.67. The molecule has 5 nitrogen and oxygen atoms in total. The molecule has 132 valence electrons. The number of hydrogen-bond donors (Lipinski definition) is 2. The van der Waals surface area contributed by atoms with Crippen LogP contribution in [-0.2, 0) is 16.0 Å². The molecule has 24 heavy (non-hydrogen) atoms. The van der Waals surface area contributed by atoms with Crippen LogP contribution in [0.3, 0.4) is 0 Å². The molecule has 1 aliphatic rings. The number of hydrogen-bond acceptors (Lipinski definition) is 3. The molecule has 2 atom stereocenters. The lowest BCUT2D eigenvalue weighted by atomic mass is 9.91. The number of nitrogens with zero attached hydrogens (tertiary/aromatic N) is 1. The van der Waals surface area contributed by atoms with Crippen molar-refractivity contribution in [3.63, 3.8) is 0 Å². The summed E-state index contributed by atoms with van der Waals surface area (Å²) < 4.78 is 0. The molecule has 1 aromatic rings. The van der Waals surface area contributed by atoms with Gasteiger partial charge in [0, 0.05) is 13.1 Å². The standard InChI is InChI=1S/C19H29N3O2/c1-14(2)18(20)19(24)21-12-17(23)22-10-6-9-16(13-22)11-15-7-4-3-5-8-15/h3-5,7-8,14,16,18H,6,9-13,20H2,1-2H3,(H,21,24)/t16?,18-/m0/s1. The van der Waals surface area contributed by atoms with Crippen molar-refractivity contribution in [3.05, 3.63) is 35.9 Å². The van der Waals surface area contributed by atoms with E-state index in [0.29, 0.717) is 5.92 Å². The van der Waals surface area contributed by atoms with Gasteiger partial charge in [-0.2, -0.15) is 0 Å². The summed E-state index contributed by atoms with van der Waals surface area (Å²) in [5.41, 5.74) is 7.11. The van der Waals surface area contributed by atoms with E-state index in [0.717, 1.165) is 32.4 Å². The molecule has 2 amide bonds. The average molecular weight is 331 g/mol. The van der Waals surface area contributed by atoms with E-state index in [1.807, 2.05) is 24.8 Å². The van der Waals surface area contributed by atoms with Gasteiger partial charge in [0.1, 0.15) is 0 Å². The largest absolute Gasteiger partial charge is 0.346 e. The fourth-order valence-corrected chi connectivity index (χ4v) is 3.10. The lowest BCUT2D eigenvalue weighted by Gasteiger charge is -2.33. The topological polar surface area (TPSA) is 75.4 Å². The van der Waals surface area contributed by atoms with Crippen molar-refractivity contribution in [2.75, 3.05) is 19.6 Å². The highest BCUT2D eigenvalue weighted by Gasteiger charge is 2.25. The van der Waals surface area contributed by atoms with Gasteiger partial charge in [0.15, 0.2) is 0 Å². The predicted molar refractivity (Wildman–Crippen MR) is 95.3 cm³/mol. The Kier molecular flexibility index (Phi) is 6.79. The van der Waals surface area contributed by atoms with Crippen molar-refractivity contribution in [2.45, 2.75) is 39.2 Å². The fourth-order valence-electron chi connectivity index (χ4n) is 3.10. The second kappa shape index (κ2) is 8.83. The van der Waals surface area contributed by atoms with Crippen molar-refractivity contribution in [1.29, 1.82) is 0 Å². The van der Waals surface area contributed by atoms with Crippen molar-refractivity contribution in [2.24, 2.45) is 17.6 Å². The second-order valence-electron chi connectivity index (χ2n) is 7.03. The molecule has 0 aliphatic carbocycles. The van der Waals surface area contributed by atoms with Crippen molar-refractivity contribution in [3.8, 4) is 0 Å². The highest BCUT2D eigenvalue weighted by atomic mass is 16.2. The number of likely N-dealkylation sites (tertiary alicyclic amines) is 1. The van der Waals surface area contributed by atoms with Crippen LogP contribution in [0.2, 0.25) is 0 Å². The van der Waals surface area contributed by atoms with Crippen LogP contribution < -0.4 is 11.1 Å². The lowest BCUT2D eigenvalue weighted by Crippen LogP contribution is -2.49. The number of benzene rings is 1. The number of amides is 2. The van der Waals surface area contributed by atoms with Crippen molar-refractivity contribution in [1.82, 2.24) is 10.2 Å². The zero-order chi connectivity index (χ0) is 17.5. The van der Waals surface area contributed by atoms with Crippen LogP contribution >= 0.6 is 0 Å². The first-order chi connectivity index (χ1) is 11.5. The molecule has 1 aliphatic heterocycles. The van der Waals surface area contributed by atoms with Gasteiger partial charge in [0.25, 0.3) is 0 Å². The Balaban J connectivity index is 1.81. The Morgan fingerprint density at radius 1 is 1.29 bits per heavy atom. The second-order valence-corrected chi connectivity index (χ2v) is 7.03. The maximum absolute atomic E-state index is 12.4. The summed E-state index contributed by atoms with van der Waals surface area (Å²) in [7, 11) is 0. The minimum Gasteiger partial charge on any atom is -0.346 e. The molecule has 1 aromatic carbocycles. The van der Waals surface area contributed by atoms with Gasteiger partial charge >= 0.3 is 0 Å². The average Bonchev–Trinajstić information content (AvgIpc) is 2.59. The van der Waals surface area contributed by atoms with Crippen LogP contribution in [0.4, 0.5) is 0 Å². The number of nitrogens with two attached hydrogens (primary N) is 1. The Morgan fingerprint density at radius 3 is 2.67 bits per heavy atom. The number of nitrogens with one attached hydrogen (secondary N) is 1. The molecule has 0 saturated carbocycles. The molecule has 1 saturated heterocycles. The molecule has 5 heteroatoms. The van der Waals surface area contributed by atoms with E-state index in [9.17, 15) is 9.59 Å². The minimum atomic E-state index is -0.565. The van der Waals surface area contributed by atoms with Gasteiger partial charge in [0.2, 0.25) is 11.8 Å². The van der Waals surface area contributed by atoms with Gasteiger partial charge < -0.3 is 16.0 Å². The Labute approximate surface area is 144 Å². The van der Waals surface area contributed by atoms with Crippen molar-refractivity contribution >= 4 is 11.8 Å². The number of piperidine rings is 1. The molecule has 2 rings (SSSR count). The molecule has 3 N–H and O–H groups in total. The van der Waals surface area contributed by atoms with Crippen LogP contribution in [-0.4, -0.2) is 42.4 Å². The zero-order valence-electron chi connectivity index (χ0n) is 14.7. The van der Waals surface area contributed by atoms with Gasteiger partial charge in [-0.1, -0.05) is 44.2 Å². The van der Waals surface area contributed by atoms with E-state index in [1.165, 1.54) is 5.56 Å². The minimum absolute atomic E-state index is 0.0166. The highest BCUT2D eigenvalue weighted by Crippen LogP contribution is 2.20. The molecule has 0 spiro atoms. The summed E-state index contributed by atoms with van der Waals surface area (Å²) in [6, 6.07) is 9.82. The van der Waals surface area contributed by atoms with E-state index in [-0.39, 0.29) is 24.3 Å². The van der Waals surface area contributed by atoms with E-state index >= 15 is 0 Å². The van der Waals surface area contributed by atoms with E-state index < -0.39 is 6.04 Å². The first-order valence-electron chi connectivity index (χ1n) is 8.82. The molecule has 1 fully saturated rings. The Hall–Kier alpha value is -1.88. The number of carbonyl (C=O) groups excluding carboxylic acids is 2. The van der Waals surface area contributed by atoms with E-state index in [2.05, 4.69) is 29.6 Å². The van der Waals surface area contributed by atoms with Crippen LogP contribution in [0, 0.1) is 11.8 Å². The smallest absolute Gasteiger partial charge is 0.241 e. The summed E-state index contributed by atoms with van der Waals surface area (Å²) in [6.07, 6.45) is 3.15. The van der Waals surface area contributed by atoms with E-state index in [4.69, 9.17) is 5.73 Å². The normalized spacial score (nSPS) is 19.2. The summed E-state index contributed by atoms with van der Waals surface area (Å²) in [5.74, 6) is 0.275. The first kappa shape index (κ1) is 18.5. The fraction of sp³-hybridized carbons (Fsp3) is 0.579. The van der Waals surface area contributed by atoms with Crippen LogP contribution in [0.25, 0.3) is 0 Å². The first-order valence-corrected chi connectivity index (χ1v) is 8.82. The number of rotatable bonds is 6. The summed E-state index contributed by atoms with van der Waals surface area (Å²) >= 11 is 0. The van der Waals surface area contributed by atoms with Gasteiger partial charge in [-0.25, -0.2) is 0 Å². The summed E-state index contributed by atoms with van der Waals surface area (Å²) in [6.45, 7) is 5.36. The SMILES string of the molecule is CC(C)[C@H](N)C(=O)NCC(=O)N1CCCC(Cc2ccccc2)C1. The van der Waals surface area contributed by atoms with Crippen LogP contribution in [0.1, 0.15) is 32.3 Å². The zero-order valence-corrected chi connectivity index (χ0v) is 14.7. The maximum atomic E-state index is 12.4. The molecular weight excluding hydrogens is 302 g/mol. The molecule has 0 aromatic heterocycles. The van der Waals surface area contributed by atoms with Gasteiger partial charge in [0.05, 0.1) is 12.6 Å².